The van der Waals surface area contributed by atoms with E-state index in [4.69, 9.17) is 0 Å². The minimum atomic E-state index is 0.524. The molecule has 0 N–H and O–H groups in total. The summed E-state index contributed by atoms with van der Waals surface area (Å²) in [5.41, 5.74) is 1.03. The first-order valence-electron chi connectivity index (χ1n) is 6.58. The SMILES string of the molecule is C1=CC[C@H](/C=N\n2cnnc2-c2ccccc2)CC1. The van der Waals surface area contributed by atoms with E-state index in [2.05, 4.69) is 27.5 Å². The Hall–Kier alpha value is -2.23. The van der Waals surface area contributed by atoms with Crippen LogP contribution in [0, 0.1) is 5.92 Å². The first-order chi connectivity index (χ1) is 9.43. The van der Waals surface area contributed by atoms with E-state index in [1.165, 1.54) is 6.42 Å². The van der Waals surface area contributed by atoms with Crippen LogP contribution in [0.3, 0.4) is 0 Å². The molecule has 0 saturated carbocycles. The smallest absolute Gasteiger partial charge is 0.184 e. The fraction of sp³-hybridized carbons (Fsp3) is 0.267. The van der Waals surface area contributed by atoms with Crippen molar-refractivity contribution in [3.05, 3.63) is 48.8 Å². The lowest BCUT2D eigenvalue weighted by Gasteiger charge is -2.11. The van der Waals surface area contributed by atoms with Crippen LogP contribution in [-0.4, -0.2) is 21.1 Å². The molecule has 0 spiro atoms. The average Bonchev–Trinajstić information content (AvgIpc) is 2.95. The minimum Gasteiger partial charge on any atom is -0.200 e. The fourth-order valence-electron chi connectivity index (χ4n) is 2.21. The maximum absolute atomic E-state index is 4.50. The first-order valence-corrected chi connectivity index (χ1v) is 6.58. The quantitative estimate of drug-likeness (QED) is 0.622. The zero-order chi connectivity index (χ0) is 12.9. The molecule has 0 saturated heterocycles. The molecular formula is C15H16N4. The molecule has 1 atom stereocenters. The van der Waals surface area contributed by atoms with E-state index < -0.39 is 0 Å². The molecule has 0 unspecified atom stereocenters. The Morgan fingerprint density at radius 2 is 2.11 bits per heavy atom. The maximum Gasteiger partial charge on any atom is 0.184 e. The molecule has 3 rings (SSSR count). The van der Waals surface area contributed by atoms with Gasteiger partial charge in [-0.05, 0) is 25.2 Å². The minimum absolute atomic E-state index is 0.524. The molecule has 1 aromatic heterocycles. The van der Waals surface area contributed by atoms with Crippen molar-refractivity contribution in [1.82, 2.24) is 14.9 Å². The second-order valence-corrected chi connectivity index (χ2v) is 4.67. The molecule has 19 heavy (non-hydrogen) atoms. The van der Waals surface area contributed by atoms with Gasteiger partial charge >= 0.3 is 0 Å². The number of rotatable bonds is 3. The molecule has 1 aliphatic carbocycles. The van der Waals surface area contributed by atoms with Crippen LogP contribution >= 0.6 is 0 Å². The molecule has 4 nitrogen and oxygen atoms in total. The van der Waals surface area contributed by atoms with E-state index in [9.17, 15) is 0 Å². The van der Waals surface area contributed by atoms with E-state index in [0.717, 1.165) is 24.2 Å². The third-order valence-corrected chi connectivity index (χ3v) is 3.27. The summed E-state index contributed by atoms with van der Waals surface area (Å²) in [6.07, 6.45) is 11.5. The number of allylic oxidation sites excluding steroid dienone is 2. The summed E-state index contributed by atoms with van der Waals surface area (Å²) in [7, 11) is 0. The van der Waals surface area contributed by atoms with Crippen molar-refractivity contribution in [1.29, 1.82) is 0 Å². The highest BCUT2D eigenvalue weighted by molar-refractivity contribution is 5.62. The van der Waals surface area contributed by atoms with Crippen molar-refractivity contribution in [2.75, 3.05) is 0 Å². The standard InChI is InChI=1S/C15H16N4/c1-3-7-13(8-4-1)11-17-19-12-16-18-15(19)14-9-5-2-6-10-14/h1-3,5-6,9-13H,4,7-8H2/b17-11-/t13-/m0/s1. The lowest BCUT2D eigenvalue weighted by molar-refractivity contribution is 0.622. The Labute approximate surface area is 112 Å². The molecule has 1 aromatic carbocycles. The summed E-state index contributed by atoms with van der Waals surface area (Å²) in [6.45, 7) is 0. The van der Waals surface area contributed by atoms with Gasteiger partial charge in [0.1, 0.15) is 6.33 Å². The molecule has 2 aromatic rings. The van der Waals surface area contributed by atoms with Crippen molar-refractivity contribution in [2.45, 2.75) is 19.3 Å². The van der Waals surface area contributed by atoms with Gasteiger partial charge in [-0.2, -0.15) is 5.10 Å². The third kappa shape index (κ3) is 2.78. The van der Waals surface area contributed by atoms with Crippen LogP contribution in [0.25, 0.3) is 11.4 Å². The van der Waals surface area contributed by atoms with Crippen molar-refractivity contribution in [3.63, 3.8) is 0 Å². The Balaban J connectivity index is 1.81. The zero-order valence-corrected chi connectivity index (χ0v) is 10.7. The summed E-state index contributed by atoms with van der Waals surface area (Å²) >= 11 is 0. The molecule has 0 bridgehead atoms. The number of hydrogen-bond acceptors (Lipinski definition) is 3. The fourth-order valence-corrected chi connectivity index (χ4v) is 2.21. The second-order valence-electron chi connectivity index (χ2n) is 4.67. The lowest BCUT2D eigenvalue weighted by Crippen LogP contribution is -2.05. The molecule has 1 aliphatic rings. The first kappa shape index (κ1) is 11.8. The normalized spacial score (nSPS) is 19.1. The van der Waals surface area contributed by atoms with Gasteiger partial charge in [-0.25, -0.2) is 4.68 Å². The third-order valence-electron chi connectivity index (χ3n) is 3.27. The van der Waals surface area contributed by atoms with E-state index in [0.29, 0.717) is 5.92 Å². The van der Waals surface area contributed by atoms with E-state index in [1.54, 1.807) is 11.0 Å². The molecule has 1 heterocycles. The number of nitrogens with zero attached hydrogens (tertiary/aromatic N) is 4. The number of aromatic nitrogens is 3. The largest absolute Gasteiger partial charge is 0.200 e. The molecule has 0 radical (unpaired) electrons. The van der Waals surface area contributed by atoms with Crippen LogP contribution in [0.5, 0.6) is 0 Å². The van der Waals surface area contributed by atoms with Gasteiger partial charge < -0.3 is 0 Å². The van der Waals surface area contributed by atoms with Crippen molar-refractivity contribution < 1.29 is 0 Å². The highest BCUT2D eigenvalue weighted by atomic mass is 15.4. The van der Waals surface area contributed by atoms with E-state index in [1.807, 2.05) is 36.5 Å². The van der Waals surface area contributed by atoms with Gasteiger partial charge in [-0.1, -0.05) is 42.5 Å². The maximum atomic E-state index is 4.50. The highest BCUT2D eigenvalue weighted by Crippen LogP contribution is 2.18. The van der Waals surface area contributed by atoms with Crippen LogP contribution < -0.4 is 0 Å². The Kier molecular flexibility index (Phi) is 3.49. The Morgan fingerprint density at radius 1 is 1.21 bits per heavy atom. The van der Waals surface area contributed by atoms with Gasteiger partial charge in [0.15, 0.2) is 5.82 Å². The summed E-state index contributed by atoms with van der Waals surface area (Å²) < 4.78 is 1.74. The van der Waals surface area contributed by atoms with Gasteiger partial charge in [-0.3, -0.25) is 0 Å². The Morgan fingerprint density at radius 3 is 2.89 bits per heavy atom. The molecule has 0 aliphatic heterocycles. The van der Waals surface area contributed by atoms with Crippen LogP contribution in [0.1, 0.15) is 19.3 Å². The Bertz CT molecular complexity index is 583. The van der Waals surface area contributed by atoms with E-state index in [-0.39, 0.29) is 0 Å². The predicted molar refractivity (Wildman–Crippen MR) is 75.8 cm³/mol. The topological polar surface area (TPSA) is 43.1 Å². The lowest BCUT2D eigenvalue weighted by atomic mass is 9.96. The summed E-state index contributed by atoms with van der Waals surface area (Å²) in [5.74, 6) is 1.30. The molecular weight excluding hydrogens is 236 g/mol. The van der Waals surface area contributed by atoms with Crippen LogP contribution in [0.15, 0.2) is 53.9 Å². The average molecular weight is 252 g/mol. The van der Waals surface area contributed by atoms with Crippen LogP contribution in [-0.2, 0) is 0 Å². The number of hydrogen-bond donors (Lipinski definition) is 0. The van der Waals surface area contributed by atoms with Crippen molar-refractivity contribution in [3.8, 4) is 11.4 Å². The zero-order valence-electron chi connectivity index (χ0n) is 10.7. The number of benzene rings is 1. The molecule has 0 amide bonds. The predicted octanol–water partition coefficient (Wildman–Crippen LogP) is 3.14. The van der Waals surface area contributed by atoms with Gasteiger partial charge in [0, 0.05) is 11.8 Å². The van der Waals surface area contributed by atoms with Gasteiger partial charge in [0.25, 0.3) is 0 Å². The molecule has 96 valence electrons. The second kappa shape index (κ2) is 5.61. The summed E-state index contributed by atoms with van der Waals surface area (Å²) in [6, 6.07) is 9.99. The van der Waals surface area contributed by atoms with Crippen LogP contribution in [0.4, 0.5) is 0 Å². The summed E-state index contributed by atoms with van der Waals surface area (Å²) in [4.78, 5) is 0. The van der Waals surface area contributed by atoms with E-state index >= 15 is 0 Å². The monoisotopic (exact) mass is 252 g/mol. The molecule has 4 heteroatoms. The van der Waals surface area contributed by atoms with Crippen molar-refractivity contribution >= 4 is 6.21 Å². The van der Waals surface area contributed by atoms with Gasteiger partial charge in [0.05, 0.1) is 0 Å². The summed E-state index contributed by atoms with van der Waals surface area (Å²) in [5, 5.41) is 12.6. The van der Waals surface area contributed by atoms with Crippen LogP contribution in [0.2, 0.25) is 0 Å². The van der Waals surface area contributed by atoms with Crippen molar-refractivity contribution in [2.24, 2.45) is 11.0 Å². The molecule has 0 fully saturated rings. The van der Waals surface area contributed by atoms with Gasteiger partial charge in [-0.15, -0.1) is 10.2 Å². The highest BCUT2D eigenvalue weighted by Gasteiger charge is 2.08. The van der Waals surface area contributed by atoms with Gasteiger partial charge in [0.2, 0.25) is 0 Å².